The van der Waals surface area contributed by atoms with E-state index in [1.165, 1.54) is 24.3 Å². The van der Waals surface area contributed by atoms with Crippen molar-refractivity contribution in [3.63, 3.8) is 0 Å². The highest BCUT2D eigenvalue weighted by Gasteiger charge is 2.32. The highest BCUT2D eigenvalue weighted by molar-refractivity contribution is 6.20. The number of carbonyl (C=O) groups excluding carboxylic acids is 2. The molecule has 1 aromatic heterocycles. The van der Waals surface area contributed by atoms with E-state index in [4.69, 9.17) is 0 Å². The molecule has 1 saturated carbocycles. The zero-order valence-corrected chi connectivity index (χ0v) is 18.4. The van der Waals surface area contributed by atoms with E-state index in [-0.39, 0.29) is 34.5 Å². The van der Waals surface area contributed by atoms with E-state index >= 15 is 0 Å². The molecule has 1 heterocycles. The van der Waals surface area contributed by atoms with Crippen LogP contribution in [0.5, 0.6) is 0 Å². The van der Waals surface area contributed by atoms with Crippen LogP contribution in [0.1, 0.15) is 33.6 Å². The van der Waals surface area contributed by atoms with E-state index in [2.05, 4.69) is 0 Å². The summed E-state index contributed by atoms with van der Waals surface area (Å²) in [5, 5.41) is 0.148. The molecule has 2 amide bonds. The van der Waals surface area contributed by atoms with Crippen LogP contribution in [0.3, 0.4) is 0 Å². The molecule has 5 rings (SSSR count). The van der Waals surface area contributed by atoms with Crippen LogP contribution in [0.4, 0.5) is 8.78 Å². The summed E-state index contributed by atoms with van der Waals surface area (Å²) in [7, 11) is 0. The number of imide groups is 1. The van der Waals surface area contributed by atoms with Gasteiger partial charge >= 0.3 is 5.69 Å². The minimum Gasteiger partial charge on any atom is -0.291 e. The predicted molar refractivity (Wildman–Crippen MR) is 125 cm³/mol. The lowest BCUT2D eigenvalue weighted by Gasteiger charge is -2.24. The van der Waals surface area contributed by atoms with Gasteiger partial charge in [-0.2, -0.15) is 9.69 Å². The molecule has 176 valence electrons. The van der Waals surface area contributed by atoms with Crippen LogP contribution in [0.2, 0.25) is 0 Å². The molecule has 4 aromatic rings. The summed E-state index contributed by atoms with van der Waals surface area (Å²) in [5.74, 6) is -4.22. The Labute approximate surface area is 197 Å². The van der Waals surface area contributed by atoms with Gasteiger partial charge in [0.2, 0.25) is 0 Å². The molecule has 0 saturated heterocycles. The maximum absolute atomic E-state index is 14.2. The van der Waals surface area contributed by atoms with Gasteiger partial charge in [-0.25, -0.2) is 13.6 Å². The van der Waals surface area contributed by atoms with Crippen molar-refractivity contribution in [3.05, 3.63) is 116 Å². The third-order valence-corrected chi connectivity index (χ3v) is 5.93. The number of hydrogen-bond acceptors (Lipinski definition) is 4. The molecule has 0 N–H and O–H groups in total. The molecule has 1 aliphatic rings. The number of aromatic nitrogens is 2. The number of hydrogen-bond donors (Lipinski definition) is 0. The van der Waals surface area contributed by atoms with Gasteiger partial charge in [-0.15, -0.1) is 0 Å². The van der Waals surface area contributed by atoms with E-state index in [9.17, 15) is 28.0 Å². The molecule has 0 spiro atoms. The molecule has 3 aromatic carbocycles. The van der Waals surface area contributed by atoms with Crippen molar-refractivity contribution in [2.45, 2.75) is 19.4 Å². The van der Waals surface area contributed by atoms with E-state index < -0.39 is 34.7 Å². The first kappa shape index (κ1) is 22.4. The summed E-state index contributed by atoms with van der Waals surface area (Å²) in [5.41, 5.74) is -2.08. The average Bonchev–Trinajstić information content (AvgIpc) is 3.70. The van der Waals surface area contributed by atoms with Crippen molar-refractivity contribution in [1.29, 1.82) is 0 Å². The van der Waals surface area contributed by atoms with Crippen LogP contribution < -0.4 is 16.3 Å². The minimum atomic E-state index is -1.28. The number of amides is 2. The summed E-state index contributed by atoms with van der Waals surface area (Å²) < 4.78 is 29.8. The maximum atomic E-state index is 14.2. The van der Waals surface area contributed by atoms with Crippen LogP contribution >= 0.6 is 0 Å². The van der Waals surface area contributed by atoms with Gasteiger partial charge in [0.1, 0.15) is 0 Å². The van der Waals surface area contributed by atoms with Crippen molar-refractivity contribution in [2.75, 3.05) is 5.01 Å². The molecular formula is C26H19F2N3O4. The van der Waals surface area contributed by atoms with Crippen molar-refractivity contribution >= 4 is 22.7 Å². The quantitative estimate of drug-likeness (QED) is 0.414. The van der Waals surface area contributed by atoms with Crippen LogP contribution in [0, 0.1) is 17.6 Å². The lowest BCUT2D eigenvalue weighted by molar-refractivity contribution is 0.0851. The van der Waals surface area contributed by atoms with E-state index in [1.807, 2.05) is 0 Å². The van der Waals surface area contributed by atoms with Crippen LogP contribution in [0.15, 0.2) is 82.4 Å². The Kier molecular flexibility index (Phi) is 5.60. The fraction of sp³-hybridized carbons (Fsp3) is 0.154. The first-order valence-corrected chi connectivity index (χ1v) is 11.0. The van der Waals surface area contributed by atoms with E-state index in [0.29, 0.717) is 15.8 Å². The second-order valence-electron chi connectivity index (χ2n) is 8.39. The number of fused-ring (bicyclic) bond motifs is 1. The van der Waals surface area contributed by atoms with Gasteiger partial charge in [0.15, 0.2) is 11.6 Å². The lowest BCUT2D eigenvalue weighted by Crippen LogP contribution is -2.57. The third kappa shape index (κ3) is 4.05. The number of benzene rings is 3. The van der Waals surface area contributed by atoms with Crippen LogP contribution in [0.25, 0.3) is 10.9 Å². The Balaban J connectivity index is 1.81. The molecule has 9 heteroatoms. The summed E-state index contributed by atoms with van der Waals surface area (Å²) in [6.07, 6.45) is 1.65. The number of halogens is 2. The average molecular weight is 475 g/mol. The SMILES string of the molecule is O=C(c1ccccc1)N(C(=O)c1ccccc1)n1c(=O)c2cc(F)c(F)cc2n(CC2CC2)c1=O. The maximum Gasteiger partial charge on any atom is 0.351 e. The molecule has 0 unspecified atom stereocenters. The topological polar surface area (TPSA) is 81.4 Å². The summed E-state index contributed by atoms with van der Waals surface area (Å²) >= 11 is 0. The Morgan fingerprint density at radius 3 is 1.86 bits per heavy atom. The van der Waals surface area contributed by atoms with Gasteiger partial charge in [-0.05, 0) is 49.1 Å². The monoisotopic (exact) mass is 475 g/mol. The first-order chi connectivity index (χ1) is 16.9. The number of carbonyl (C=O) groups is 2. The Bertz CT molecular complexity index is 1520. The largest absolute Gasteiger partial charge is 0.351 e. The Morgan fingerprint density at radius 2 is 1.34 bits per heavy atom. The molecular weight excluding hydrogens is 456 g/mol. The highest BCUT2D eigenvalue weighted by Crippen LogP contribution is 2.31. The fourth-order valence-electron chi connectivity index (χ4n) is 3.94. The molecule has 7 nitrogen and oxygen atoms in total. The van der Waals surface area contributed by atoms with Crippen molar-refractivity contribution in [3.8, 4) is 0 Å². The molecule has 0 bridgehead atoms. The minimum absolute atomic E-state index is 0.0576. The molecule has 1 fully saturated rings. The smallest absolute Gasteiger partial charge is 0.291 e. The zero-order valence-electron chi connectivity index (χ0n) is 18.4. The second kappa shape index (κ2) is 8.75. The predicted octanol–water partition coefficient (Wildman–Crippen LogP) is 3.47. The van der Waals surface area contributed by atoms with E-state index in [1.54, 1.807) is 36.4 Å². The number of nitrogens with zero attached hydrogens (tertiary/aromatic N) is 3. The summed E-state index contributed by atoms with van der Waals surface area (Å²) in [4.78, 5) is 54.2. The van der Waals surface area contributed by atoms with Gasteiger partial charge in [0.05, 0.1) is 10.9 Å². The normalized spacial score (nSPS) is 13.1. The van der Waals surface area contributed by atoms with Gasteiger partial charge < -0.3 is 0 Å². The van der Waals surface area contributed by atoms with Gasteiger partial charge in [0, 0.05) is 23.7 Å². The molecule has 0 aliphatic heterocycles. The standard InChI is InChI=1S/C26H19F2N3O4/c27-20-13-19-22(14-21(20)28)29(15-16-11-12-16)26(35)31(25(19)34)30(23(32)17-7-3-1-4-8-17)24(33)18-9-5-2-6-10-18/h1-10,13-14,16H,11-12,15H2. The Hall–Kier alpha value is -4.40. The van der Waals surface area contributed by atoms with Crippen molar-refractivity contribution in [1.82, 2.24) is 9.24 Å². The van der Waals surface area contributed by atoms with Crippen LogP contribution in [-0.2, 0) is 6.54 Å². The molecule has 0 atom stereocenters. The fourth-order valence-corrected chi connectivity index (χ4v) is 3.94. The lowest BCUT2D eigenvalue weighted by atomic mass is 10.1. The number of rotatable bonds is 5. The third-order valence-electron chi connectivity index (χ3n) is 5.93. The Morgan fingerprint density at radius 1 is 0.829 bits per heavy atom. The summed E-state index contributed by atoms with van der Waals surface area (Å²) in [6, 6.07) is 16.9. The van der Waals surface area contributed by atoms with Crippen LogP contribution in [-0.4, -0.2) is 21.1 Å². The summed E-state index contributed by atoms with van der Waals surface area (Å²) in [6.45, 7) is 0.133. The van der Waals surface area contributed by atoms with Gasteiger partial charge in [-0.1, -0.05) is 36.4 Å². The van der Waals surface area contributed by atoms with Crippen molar-refractivity contribution in [2.24, 2.45) is 5.92 Å². The second-order valence-corrected chi connectivity index (χ2v) is 8.39. The van der Waals surface area contributed by atoms with E-state index in [0.717, 1.165) is 23.5 Å². The molecule has 0 radical (unpaired) electrons. The van der Waals surface area contributed by atoms with Gasteiger partial charge in [-0.3, -0.25) is 19.0 Å². The van der Waals surface area contributed by atoms with Gasteiger partial charge in [0.25, 0.3) is 17.4 Å². The highest BCUT2D eigenvalue weighted by atomic mass is 19.2. The van der Waals surface area contributed by atoms with Crippen molar-refractivity contribution < 1.29 is 18.4 Å². The first-order valence-electron chi connectivity index (χ1n) is 11.0. The zero-order chi connectivity index (χ0) is 24.7. The molecule has 35 heavy (non-hydrogen) atoms. The molecule has 1 aliphatic carbocycles.